The van der Waals surface area contributed by atoms with Gasteiger partial charge in [0.05, 0.1) is 49.8 Å². The van der Waals surface area contributed by atoms with Crippen molar-refractivity contribution in [2.24, 2.45) is 0 Å². The fraction of sp³-hybridized carbons (Fsp3) is 0.606. The van der Waals surface area contributed by atoms with Gasteiger partial charge >= 0.3 is 6.03 Å². The molecule has 4 aromatic heterocycles. The van der Waals surface area contributed by atoms with Crippen LogP contribution in [0.1, 0.15) is 85.3 Å². The minimum Gasteiger partial charge on any atom is -0.489 e. The van der Waals surface area contributed by atoms with Crippen molar-refractivity contribution in [2.45, 2.75) is 116 Å². The smallest absolute Gasteiger partial charge is 0.320 e. The van der Waals surface area contributed by atoms with Crippen molar-refractivity contribution < 1.29 is 22.1 Å². The maximum absolute atomic E-state index is 13.2. The summed E-state index contributed by atoms with van der Waals surface area (Å²) in [7, 11) is -3.54. The standard InChI is InChI=1S/C33H48N10O5S/c1-22-8-7-9-23(2)42(22)32-38-37-29-15-14-27(21-41(29)32)48-26-12-10-24(11-13-26)35-31(44)36-30-18-28(33(3,4)5)39-43(30)25-19-34-40(20-25)16-17-47-49(6,45)46/h14-15,18-24,26H,7-13,16-17H2,1-6H3,(H2,35,36,44)/t22-,23+,24?,26?. The molecular weight excluding hydrogens is 648 g/mol. The third-order valence-corrected chi connectivity index (χ3v) is 9.89. The van der Waals surface area contributed by atoms with E-state index in [1.807, 2.05) is 28.8 Å². The van der Waals surface area contributed by atoms with Crippen LogP contribution in [0, 0.1) is 0 Å². The number of ether oxygens (including phenoxy) is 1. The SMILES string of the molecule is C[C@@H]1CCC[C@H](C)N1c1nnc2ccc(OC3CCC(NC(=O)Nc4cc(C(C)(C)C)nn4-c4cnn(CCOS(C)(=O)=O)c4)CC3)cn12. The third kappa shape index (κ3) is 8.35. The van der Waals surface area contributed by atoms with Crippen LogP contribution in [-0.2, 0) is 26.3 Å². The summed E-state index contributed by atoms with van der Waals surface area (Å²) >= 11 is 0. The topological polar surface area (TPSA) is 163 Å². The number of hydrogen-bond donors (Lipinski definition) is 2. The number of nitrogens with one attached hydrogen (secondary N) is 2. The summed E-state index contributed by atoms with van der Waals surface area (Å²) in [5.41, 5.74) is 1.96. The van der Waals surface area contributed by atoms with Crippen LogP contribution in [0.25, 0.3) is 11.3 Å². The Hall–Kier alpha value is -4.18. The van der Waals surface area contributed by atoms with E-state index in [9.17, 15) is 13.2 Å². The second kappa shape index (κ2) is 14.0. The van der Waals surface area contributed by atoms with Crippen LogP contribution in [0.3, 0.4) is 0 Å². The Morgan fingerprint density at radius 1 is 1.02 bits per heavy atom. The number of piperidine rings is 1. The molecule has 2 fully saturated rings. The highest BCUT2D eigenvalue weighted by molar-refractivity contribution is 7.85. The lowest BCUT2D eigenvalue weighted by Crippen LogP contribution is -2.44. The summed E-state index contributed by atoms with van der Waals surface area (Å²) in [5, 5.41) is 24.1. The normalized spacial score (nSPS) is 22.0. The van der Waals surface area contributed by atoms with Gasteiger partial charge in [0.25, 0.3) is 10.1 Å². The quantitative estimate of drug-likeness (QED) is 0.223. The number of rotatable bonds is 10. The van der Waals surface area contributed by atoms with Crippen LogP contribution in [0.4, 0.5) is 16.6 Å². The van der Waals surface area contributed by atoms with Crippen LogP contribution in [0.5, 0.6) is 5.75 Å². The maximum atomic E-state index is 13.2. The monoisotopic (exact) mass is 696 g/mol. The van der Waals surface area contributed by atoms with Crippen LogP contribution in [0.2, 0.25) is 0 Å². The minimum absolute atomic E-state index is 0.00455. The predicted molar refractivity (Wildman–Crippen MR) is 186 cm³/mol. The molecular formula is C33H48N10O5S. The molecule has 0 radical (unpaired) electrons. The molecule has 1 aliphatic heterocycles. The Morgan fingerprint density at radius 3 is 2.45 bits per heavy atom. The molecule has 5 heterocycles. The molecule has 49 heavy (non-hydrogen) atoms. The number of pyridine rings is 1. The van der Waals surface area contributed by atoms with Crippen molar-refractivity contribution in [2.75, 3.05) is 23.1 Å². The molecule has 2 amide bonds. The lowest BCUT2D eigenvalue weighted by Gasteiger charge is -2.39. The molecule has 0 bridgehead atoms. The second-order valence-corrected chi connectivity index (χ2v) is 16.0. The Labute approximate surface area is 287 Å². The fourth-order valence-corrected chi connectivity index (χ4v) is 7.05. The lowest BCUT2D eigenvalue weighted by molar-refractivity contribution is 0.140. The van der Waals surface area contributed by atoms with E-state index in [4.69, 9.17) is 14.0 Å². The number of hydrogen-bond acceptors (Lipinski definition) is 10. The average molecular weight is 697 g/mol. The first kappa shape index (κ1) is 34.7. The van der Waals surface area contributed by atoms with Gasteiger partial charge in [0.1, 0.15) is 17.3 Å². The van der Waals surface area contributed by atoms with Crippen molar-refractivity contribution in [3.8, 4) is 11.4 Å². The number of urea groups is 1. The molecule has 2 aliphatic rings. The zero-order chi connectivity index (χ0) is 34.9. The van der Waals surface area contributed by atoms with Gasteiger partial charge in [-0.15, -0.1) is 10.2 Å². The van der Waals surface area contributed by atoms with E-state index in [0.29, 0.717) is 23.6 Å². The zero-order valence-corrected chi connectivity index (χ0v) is 30.0. The van der Waals surface area contributed by atoms with Crippen molar-refractivity contribution in [1.82, 2.24) is 39.5 Å². The highest BCUT2D eigenvalue weighted by atomic mass is 32.2. The van der Waals surface area contributed by atoms with E-state index in [-0.39, 0.29) is 36.7 Å². The highest BCUT2D eigenvalue weighted by Crippen LogP contribution is 2.31. The van der Waals surface area contributed by atoms with E-state index in [0.717, 1.165) is 67.8 Å². The molecule has 0 aromatic carbocycles. The van der Waals surface area contributed by atoms with Gasteiger partial charge in [0, 0.05) is 29.6 Å². The van der Waals surface area contributed by atoms with Gasteiger partial charge in [-0.25, -0.2) is 9.48 Å². The van der Waals surface area contributed by atoms with Crippen molar-refractivity contribution in [1.29, 1.82) is 0 Å². The number of anilines is 2. The van der Waals surface area contributed by atoms with Crippen LogP contribution < -0.4 is 20.3 Å². The van der Waals surface area contributed by atoms with Crippen LogP contribution in [-0.4, -0.2) is 85.7 Å². The molecule has 1 saturated heterocycles. The number of carbonyl (C=O) groups is 1. The molecule has 0 spiro atoms. The molecule has 1 aliphatic carbocycles. The van der Waals surface area contributed by atoms with Gasteiger partial charge < -0.3 is 15.0 Å². The molecule has 16 heteroatoms. The average Bonchev–Trinajstić information content (AvgIpc) is 3.76. The summed E-state index contributed by atoms with van der Waals surface area (Å²) in [4.78, 5) is 15.6. The summed E-state index contributed by atoms with van der Waals surface area (Å²) in [6, 6.07) is 6.27. The summed E-state index contributed by atoms with van der Waals surface area (Å²) in [6.07, 6.45) is 13.1. The van der Waals surface area contributed by atoms with E-state index < -0.39 is 10.1 Å². The Bertz CT molecular complexity index is 1860. The molecule has 266 valence electrons. The van der Waals surface area contributed by atoms with Crippen LogP contribution in [0.15, 0.2) is 36.8 Å². The molecule has 6 rings (SSSR count). The van der Waals surface area contributed by atoms with Gasteiger partial charge in [-0.1, -0.05) is 20.8 Å². The van der Waals surface area contributed by atoms with E-state index in [1.165, 1.54) is 6.42 Å². The van der Waals surface area contributed by atoms with Gasteiger partial charge in [0.15, 0.2) is 5.65 Å². The molecule has 2 atom stereocenters. The minimum atomic E-state index is -3.54. The number of aromatic nitrogens is 7. The first-order valence-electron chi connectivity index (χ1n) is 17.1. The third-order valence-electron chi connectivity index (χ3n) is 9.30. The lowest BCUT2D eigenvalue weighted by atomic mass is 9.92. The van der Waals surface area contributed by atoms with E-state index in [2.05, 4.69) is 65.4 Å². The first-order valence-corrected chi connectivity index (χ1v) is 18.9. The van der Waals surface area contributed by atoms with Crippen LogP contribution >= 0.6 is 0 Å². The molecule has 0 unspecified atom stereocenters. The number of fused-ring (bicyclic) bond motifs is 1. The van der Waals surface area contributed by atoms with E-state index >= 15 is 0 Å². The highest BCUT2D eigenvalue weighted by Gasteiger charge is 2.29. The summed E-state index contributed by atoms with van der Waals surface area (Å²) < 4.78 is 39.1. The van der Waals surface area contributed by atoms with Crippen molar-refractivity contribution in [3.63, 3.8) is 0 Å². The fourth-order valence-electron chi connectivity index (χ4n) is 6.68. The van der Waals surface area contributed by atoms with Crippen molar-refractivity contribution >= 4 is 33.6 Å². The van der Waals surface area contributed by atoms with Gasteiger partial charge in [0.2, 0.25) is 5.95 Å². The van der Waals surface area contributed by atoms with Crippen molar-refractivity contribution in [3.05, 3.63) is 42.5 Å². The molecule has 1 saturated carbocycles. The molecule has 4 aromatic rings. The van der Waals surface area contributed by atoms with E-state index in [1.54, 1.807) is 21.8 Å². The number of amides is 2. The van der Waals surface area contributed by atoms with Gasteiger partial charge in [-0.3, -0.25) is 18.6 Å². The Balaban J connectivity index is 1.05. The van der Waals surface area contributed by atoms with Gasteiger partial charge in [-0.05, 0) is 70.9 Å². The number of nitrogens with zero attached hydrogens (tertiary/aromatic N) is 8. The zero-order valence-electron chi connectivity index (χ0n) is 29.2. The Kier molecular flexibility index (Phi) is 9.89. The summed E-state index contributed by atoms with van der Waals surface area (Å²) in [6.45, 7) is 10.9. The largest absolute Gasteiger partial charge is 0.489 e. The molecule has 2 N–H and O–H groups in total. The van der Waals surface area contributed by atoms with Gasteiger partial charge in [-0.2, -0.15) is 18.6 Å². The predicted octanol–water partition coefficient (Wildman–Crippen LogP) is 4.66. The number of carbonyl (C=O) groups excluding carboxylic acids is 1. The summed E-state index contributed by atoms with van der Waals surface area (Å²) in [5.74, 6) is 2.15. The maximum Gasteiger partial charge on any atom is 0.320 e. The first-order chi connectivity index (χ1) is 23.2. The molecule has 15 nitrogen and oxygen atoms in total. The second-order valence-electron chi connectivity index (χ2n) is 14.4. The Morgan fingerprint density at radius 2 is 1.76 bits per heavy atom.